The highest BCUT2D eigenvalue weighted by atomic mass is 32.2. The van der Waals surface area contributed by atoms with Gasteiger partial charge in [-0.05, 0) is 32.2 Å². The lowest BCUT2D eigenvalue weighted by molar-refractivity contribution is 0.601. The Labute approximate surface area is 86.5 Å². The summed E-state index contributed by atoms with van der Waals surface area (Å²) in [6.45, 7) is 1.01. The average Bonchev–Trinajstić information content (AvgIpc) is 2.84. The molecule has 0 aromatic heterocycles. The van der Waals surface area contributed by atoms with Crippen molar-refractivity contribution in [3.8, 4) is 0 Å². The Morgan fingerprint density at radius 2 is 1.93 bits per heavy atom. The van der Waals surface area contributed by atoms with Gasteiger partial charge in [-0.1, -0.05) is 12.2 Å². The van der Waals surface area contributed by atoms with Gasteiger partial charge < -0.3 is 5.32 Å². The van der Waals surface area contributed by atoms with E-state index in [4.69, 9.17) is 0 Å². The molecule has 1 N–H and O–H groups in total. The molecule has 0 radical (unpaired) electrons. The van der Waals surface area contributed by atoms with E-state index in [-0.39, 0.29) is 5.75 Å². The van der Waals surface area contributed by atoms with Crippen LogP contribution in [-0.2, 0) is 9.84 Å². The van der Waals surface area contributed by atoms with Gasteiger partial charge in [0.15, 0.2) is 0 Å². The van der Waals surface area contributed by atoms with Crippen LogP contribution in [0.1, 0.15) is 25.7 Å². The normalized spacial score (nSPS) is 17.8. The minimum atomic E-state index is -2.79. The zero-order valence-corrected chi connectivity index (χ0v) is 9.52. The lowest BCUT2D eigenvalue weighted by Crippen LogP contribution is -2.16. The van der Waals surface area contributed by atoms with Crippen LogP contribution >= 0.6 is 0 Å². The van der Waals surface area contributed by atoms with Crippen molar-refractivity contribution >= 4 is 9.84 Å². The van der Waals surface area contributed by atoms with Crippen molar-refractivity contribution in [1.82, 2.24) is 5.32 Å². The van der Waals surface area contributed by atoms with Crippen LogP contribution in [0.3, 0.4) is 0 Å². The van der Waals surface area contributed by atoms with Gasteiger partial charge in [0.25, 0.3) is 0 Å². The zero-order chi connectivity index (χ0) is 10.4. The molecule has 1 aliphatic rings. The smallest absolute Gasteiger partial charge is 0.147 e. The third kappa shape index (κ3) is 7.09. The second-order valence-corrected chi connectivity index (χ2v) is 6.17. The molecule has 14 heavy (non-hydrogen) atoms. The highest BCUT2D eigenvalue weighted by molar-refractivity contribution is 7.90. The molecule has 4 heteroatoms. The van der Waals surface area contributed by atoms with E-state index in [1.165, 1.54) is 19.1 Å². The monoisotopic (exact) mass is 217 g/mol. The molecule has 0 aromatic carbocycles. The fourth-order valence-corrected chi connectivity index (χ4v) is 1.74. The molecule has 0 aliphatic heterocycles. The number of hydrogen-bond donors (Lipinski definition) is 1. The number of hydrogen-bond acceptors (Lipinski definition) is 3. The Kier molecular flexibility index (Phi) is 4.62. The summed E-state index contributed by atoms with van der Waals surface area (Å²) in [5.74, 6) is 0.263. The largest absolute Gasteiger partial charge is 0.314 e. The van der Waals surface area contributed by atoms with Crippen molar-refractivity contribution < 1.29 is 8.42 Å². The van der Waals surface area contributed by atoms with E-state index in [9.17, 15) is 8.42 Å². The predicted octanol–water partition coefficient (Wildman–Crippen LogP) is 1.12. The number of allylic oxidation sites excluding steroid dienone is 1. The predicted molar refractivity (Wildman–Crippen MR) is 59.1 cm³/mol. The standard InChI is InChI=1S/C10H19NO2S/c1-14(12,13)9-5-3-2-4-8-11-10-6-7-10/h2-3,10-11H,4-9H2,1H3. The van der Waals surface area contributed by atoms with Crippen molar-refractivity contribution in [3.05, 3.63) is 12.2 Å². The van der Waals surface area contributed by atoms with Crippen LogP contribution in [0, 0.1) is 0 Å². The van der Waals surface area contributed by atoms with Crippen molar-refractivity contribution in [1.29, 1.82) is 0 Å². The summed E-state index contributed by atoms with van der Waals surface area (Å²) in [5.41, 5.74) is 0. The maximum atomic E-state index is 10.8. The van der Waals surface area contributed by atoms with Crippen LogP contribution in [0.15, 0.2) is 12.2 Å². The highest BCUT2D eigenvalue weighted by Gasteiger charge is 2.19. The van der Waals surface area contributed by atoms with Gasteiger partial charge in [-0.3, -0.25) is 0 Å². The lowest BCUT2D eigenvalue weighted by atomic mass is 10.3. The molecule has 0 saturated heterocycles. The summed E-state index contributed by atoms with van der Waals surface area (Å²) in [6.07, 6.45) is 9.56. The molecule has 1 saturated carbocycles. The molecular weight excluding hydrogens is 198 g/mol. The summed E-state index contributed by atoms with van der Waals surface area (Å²) in [4.78, 5) is 0. The van der Waals surface area contributed by atoms with Gasteiger partial charge in [-0.25, -0.2) is 8.42 Å². The molecule has 0 aromatic rings. The summed E-state index contributed by atoms with van der Waals surface area (Å²) in [5, 5.41) is 3.39. The van der Waals surface area contributed by atoms with Gasteiger partial charge in [0.1, 0.15) is 9.84 Å². The van der Waals surface area contributed by atoms with Crippen molar-refractivity contribution in [3.63, 3.8) is 0 Å². The first-order chi connectivity index (χ1) is 6.58. The maximum absolute atomic E-state index is 10.8. The van der Waals surface area contributed by atoms with Crippen LogP contribution in [-0.4, -0.2) is 33.0 Å². The van der Waals surface area contributed by atoms with Crippen LogP contribution in [0.25, 0.3) is 0 Å². The molecule has 82 valence electrons. The minimum Gasteiger partial charge on any atom is -0.314 e. The quantitative estimate of drug-likeness (QED) is 0.513. The van der Waals surface area contributed by atoms with Crippen LogP contribution < -0.4 is 5.32 Å². The van der Waals surface area contributed by atoms with E-state index in [0.29, 0.717) is 6.42 Å². The van der Waals surface area contributed by atoms with Gasteiger partial charge in [0.2, 0.25) is 0 Å². The average molecular weight is 217 g/mol. The summed E-state index contributed by atoms with van der Waals surface area (Å²) in [6, 6.07) is 0.763. The van der Waals surface area contributed by atoms with Gasteiger partial charge in [-0.15, -0.1) is 0 Å². The molecule has 0 amide bonds. The molecular formula is C10H19NO2S. The third-order valence-electron chi connectivity index (χ3n) is 2.14. The van der Waals surface area contributed by atoms with Gasteiger partial charge in [0.05, 0.1) is 5.75 Å². The van der Waals surface area contributed by atoms with E-state index in [2.05, 4.69) is 11.4 Å². The summed E-state index contributed by atoms with van der Waals surface area (Å²) in [7, 11) is -2.79. The van der Waals surface area contributed by atoms with Crippen LogP contribution in [0.4, 0.5) is 0 Å². The van der Waals surface area contributed by atoms with E-state index < -0.39 is 9.84 Å². The molecule has 1 fully saturated rings. The fourth-order valence-electron chi connectivity index (χ4n) is 1.18. The van der Waals surface area contributed by atoms with Crippen LogP contribution in [0.2, 0.25) is 0 Å². The molecule has 1 rings (SSSR count). The van der Waals surface area contributed by atoms with Gasteiger partial charge in [0, 0.05) is 12.3 Å². The zero-order valence-electron chi connectivity index (χ0n) is 8.70. The molecule has 0 bridgehead atoms. The maximum Gasteiger partial charge on any atom is 0.147 e. The minimum absolute atomic E-state index is 0.263. The van der Waals surface area contributed by atoms with Crippen LogP contribution in [0.5, 0.6) is 0 Å². The molecule has 0 atom stereocenters. The second kappa shape index (κ2) is 5.51. The molecule has 0 spiro atoms. The Bertz CT molecular complexity index is 278. The topological polar surface area (TPSA) is 46.2 Å². The SMILES string of the molecule is CS(=O)(=O)CCC=CCCNC1CC1. The van der Waals surface area contributed by atoms with E-state index in [1.54, 1.807) is 0 Å². The Hall–Kier alpha value is -0.350. The highest BCUT2D eigenvalue weighted by Crippen LogP contribution is 2.18. The van der Waals surface area contributed by atoms with Gasteiger partial charge in [-0.2, -0.15) is 0 Å². The first-order valence-electron chi connectivity index (χ1n) is 5.14. The van der Waals surface area contributed by atoms with E-state index >= 15 is 0 Å². The van der Waals surface area contributed by atoms with E-state index in [1.807, 2.05) is 6.08 Å². The Morgan fingerprint density at radius 1 is 1.29 bits per heavy atom. The lowest BCUT2D eigenvalue weighted by Gasteiger charge is -1.97. The van der Waals surface area contributed by atoms with Gasteiger partial charge >= 0.3 is 0 Å². The first kappa shape index (κ1) is 11.7. The fraction of sp³-hybridized carbons (Fsp3) is 0.800. The number of sulfone groups is 1. The molecule has 0 unspecified atom stereocenters. The summed E-state index contributed by atoms with van der Waals surface area (Å²) < 4.78 is 21.5. The Balaban J connectivity index is 1.92. The van der Waals surface area contributed by atoms with Crippen molar-refractivity contribution in [2.24, 2.45) is 0 Å². The molecule has 3 nitrogen and oxygen atoms in total. The van der Waals surface area contributed by atoms with Crippen molar-refractivity contribution in [2.75, 3.05) is 18.6 Å². The molecule has 1 aliphatic carbocycles. The summed E-state index contributed by atoms with van der Waals surface area (Å²) >= 11 is 0. The number of rotatable bonds is 7. The second-order valence-electron chi connectivity index (χ2n) is 3.91. The van der Waals surface area contributed by atoms with Crippen molar-refractivity contribution in [2.45, 2.75) is 31.7 Å². The third-order valence-corrected chi connectivity index (χ3v) is 3.12. The number of nitrogens with one attached hydrogen (secondary N) is 1. The van der Waals surface area contributed by atoms with E-state index in [0.717, 1.165) is 19.0 Å². The first-order valence-corrected chi connectivity index (χ1v) is 7.20. The Morgan fingerprint density at radius 3 is 2.50 bits per heavy atom. The molecule has 0 heterocycles.